The van der Waals surface area contributed by atoms with Gasteiger partial charge in [-0.05, 0) is 57.6 Å². The Kier molecular flexibility index (Phi) is 4.80. The minimum atomic E-state index is -4.38. The highest BCUT2D eigenvalue weighted by molar-refractivity contribution is 5.94. The molecule has 1 fully saturated rings. The molecule has 1 aromatic carbocycles. The maximum Gasteiger partial charge on any atom is 0.416 e. The second kappa shape index (κ2) is 6.28. The Morgan fingerprint density at radius 2 is 1.59 bits per heavy atom. The first-order valence-electron chi connectivity index (χ1n) is 7.32. The summed E-state index contributed by atoms with van der Waals surface area (Å²) in [5, 5.41) is 0. The molecule has 0 aliphatic heterocycles. The Morgan fingerprint density at radius 1 is 1.05 bits per heavy atom. The predicted octanol–water partition coefficient (Wildman–Crippen LogP) is 3.26. The average molecular weight is 314 g/mol. The van der Waals surface area contributed by atoms with Gasteiger partial charge in [-0.2, -0.15) is 13.2 Å². The first-order chi connectivity index (χ1) is 10.2. The van der Waals surface area contributed by atoms with E-state index in [4.69, 9.17) is 0 Å². The van der Waals surface area contributed by atoms with Crippen LogP contribution in [0, 0.1) is 0 Å². The highest BCUT2D eigenvalue weighted by Gasteiger charge is 2.35. The molecule has 22 heavy (non-hydrogen) atoms. The Morgan fingerprint density at radius 3 is 2.09 bits per heavy atom. The van der Waals surface area contributed by atoms with Gasteiger partial charge in [-0.25, -0.2) is 0 Å². The summed E-state index contributed by atoms with van der Waals surface area (Å²) >= 11 is 0. The lowest BCUT2D eigenvalue weighted by molar-refractivity contribution is -0.137. The number of likely N-dealkylation sites (N-methyl/N-ethyl adjacent to an activating group) is 2. The Labute approximate surface area is 128 Å². The molecule has 0 radical (unpaired) electrons. The van der Waals surface area contributed by atoms with E-state index in [1.54, 1.807) is 11.9 Å². The number of benzene rings is 1. The summed E-state index contributed by atoms with van der Waals surface area (Å²) in [5.41, 5.74) is -0.446. The fourth-order valence-electron chi connectivity index (χ4n) is 3.13. The van der Waals surface area contributed by atoms with Crippen molar-refractivity contribution < 1.29 is 18.0 Å². The van der Waals surface area contributed by atoms with Gasteiger partial charge in [0.15, 0.2) is 0 Å². The lowest BCUT2D eigenvalue weighted by atomic mass is 10.1. The van der Waals surface area contributed by atoms with Crippen molar-refractivity contribution in [1.82, 2.24) is 9.80 Å². The van der Waals surface area contributed by atoms with Gasteiger partial charge in [-0.15, -0.1) is 0 Å². The van der Waals surface area contributed by atoms with E-state index in [2.05, 4.69) is 4.90 Å². The van der Waals surface area contributed by atoms with Gasteiger partial charge in [-0.1, -0.05) is 0 Å². The largest absolute Gasteiger partial charge is 0.416 e. The van der Waals surface area contributed by atoms with Crippen molar-refractivity contribution in [3.8, 4) is 0 Å². The monoisotopic (exact) mass is 314 g/mol. The molecule has 0 N–H and O–H groups in total. The summed E-state index contributed by atoms with van der Waals surface area (Å²) in [4.78, 5) is 16.3. The van der Waals surface area contributed by atoms with E-state index in [0.29, 0.717) is 11.6 Å². The van der Waals surface area contributed by atoms with Gasteiger partial charge < -0.3 is 9.80 Å². The number of halogens is 3. The number of rotatable bonds is 3. The molecule has 1 amide bonds. The van der Waals surface area contributed by atoms with Crippen LogP contribution < -0.4 is 0 Å². The molecule has 0 saturated heterocycles. The summed E-state index contributed by atoms with van der Waals surface area (Å²) in [7, 11) is 5.70. The second-order valence-corrected chi connectivity index (χ2v) is 6.02. The second-order valence-electron chi connectivity index (χ2n) is 6.02. The molecular formula is C16H21F3N2O. The number of hydrogen-bond acceptors (Lipinski definition) is 2. The fraction of sp³-hybridized carbons (Fsp3) is 0.562. The van der Waals surface area contributed by atoms with Crippen LogP contribution in [0.15, 0.2) is 24.3 Å². The van der Waals surface area contributed by atoms with Crippen LogP contribution in [0.4, 0.5) is 13.2 Å². The van der Waals surface area contributed by atoms with Crippen molar-refractivity contribution in [2.24, 2.45) is 0 Å². The Balaban J connectivity index is 2.14. The maximum absolute atomic E-state index is 12.6. The molecule has 1 aliphatic rings. The first-order valence-corrected chi connectivity index (χ1v) is 7.32. The van der Waals surface area contributed by atoms with Crippen molar-refractivity contribution in [2.45, 2.75) is 37.5 Å². The van der Waals surface area contributed by atoms with E-state index in [1.807, 2.05) is 14.1 Å². The summed E-state index contributed by atoms with van der Waals surface area (Å²) in [6.45, 7) is 0. The lowest BCUT2D eigenvalue weighted by Gasteiger charge is -2.33. The SMILES string of the molecule is CN(C)C1CCCC1N(C)C(=O)c1ccc(C(F)(F)F)cc1. The number of amides is 1. The standard InChI is InChI=1S/C16H21F3N2O/c1-20(2)13-5-4-6-14(13)21(3)15(22)11-7-9-12(10-8-11)16(17,18)19/h7-10,13-14H,4-6H2,1-3H3. The third-order valence-corrected chi connectivity index (χ3v) is 4.38. The Hall–Kier alpha value is -1.56. The van der Waals surface area contributed by atoms with Crippen LogP contribution in [0.5, 0.6) is 0 Å². The number of alkyl halides is 3. The van der Waals surface area contributed by atoms with Crippen LogP contribution in [-0.2, 0) is 6.18 Å². The highest BCUT2D eigenvalue weighted by atomic mass is 19.4. The van der Waals surface area contributed by atoms with Gasteiger partial charge in [0, 0.05) is 24.7 Å². The van der Waals surface area contributed by atoms with Crippen LogP contribution in [0.1, 0.15) is 35.2 Å². The van der Waals surface area contributed by atoms with E-state index in [1.165, 1.54) is 12.1 Å². The molecule has 2 atom stereocenters. The van der Waals surface area contributed by atoms with E-state index >= 15 is 0 Å². The summed E-state index contributed by atoms with van der Waals surface area (Å²) in [5.74, 6) is -0.229. The van der Waals surface area contributed by atoms with Crippen molar-refractivity contribution in [1.29, 1.82) is 0 Å². The van der Waals surface area contributed by atoms with Gasteiger partial charge in [0.2, 0.25) is 0 Å². The van der Waals surface area contributed by atoms with Crippen LogP contribution in [-0.4, -0.2) is 48.9 Å². The van der Waals surface area contributed by atoms with E-state index in [9.17, 15) is 18.0 Å². The maximum atomic E-state index is 12.6. The van der Waals surface area contributed by atoms with Crippen LogP contribution >= 0.6 is 0 Å². The van der Waals surface area contributed by atoms with Gasteiger partial charge in [0.1, 0.15) is 0 Å². The number of carbonyl (C=O) groups excluding carboxylic acids is 1. The van der Waals surface area contributed by atoms with Gasteiger partial charge in [-0.3, -0.25) is 4.79 Å². The van der Waals surface area contributed by atoms with Crippen molar-refractivity contribution in [2.75, 3.05) is 21.1 Å². The van der Waals surface area contributed by atoms with E-state index < -0.39 is 11.7 Å². The predicted molar refractivity (Wildman–Crippen MR) is 78.7 cm³/mol. The molecular weight excluding hydrogens is 293 g/mol. The normalized spacial score (nSPS) is 22.1. The third kappa shape index (κ3) is 3.43. The van der Waals surface area contributed by atoms with Gasteiger partial charge in [0.05, 0.1) is 5.56 Å². The summed E-state index contributed by atoms with van der Waals surface area (Å²) < 4.78 is 37.7. The first kappa shape index (κ1) is 16.8. The molecule has 6 heteroatoms. The zero-order valence-electron chi connectivity index (χ0n) is 13.0. The van der Waals surface area contributed by atoms with Crippen LogP contribution in [0.2, 0.25) is 0 Å². The highest BCUT2D eigenvalue weighted by Crippen LogP contribution is 2.30. The molecule has 122 valence electrons. The van der Waals surface area contributed by atoms with Crippen LogP contribution in [0.3, 0.4) is 0 Å². The van der Waals surface area contributed by atoms with Crippen molar-refractivity contribution in [3.63, 3.8) is 0 Å². The van der Waals surface area contributed by atoms with E-state index in [0.717, 1.165) is 31.4 Å². The van der Waals surface area contributed by atoms with Crippen LogP contribution in [0.25, 0.3) is 0 Å². The number of hydrogen-bond donors (Lipinski definition) is 0. The lowest BCUT2D eigenvalue weighted by Crippen LogP contribution is -2.47. The topological polar surface area (TPSA) is 23.6 Å². The smallest absolute Gasteiger partial charge is 0.337 e. The third-order valence-electron chi connectivity index (χ3n) is 4.38. The molecule has 0 heterocycles. The molecule has 2 unspecified atom stereocenters. The molecule has 1 aromatic rings. The zero-order chi connectivity index (χ0) is 16.5. The zero-order valence-corrected chi connectivity index (χ0v) is 13.0. The minimum Gasteiger partial charge on any atom is -0.337 e. The molecule has 2 rings (SSSR count). The quantitative estimate of drug-likeness (QED) is 0.855. The fourth-order valence-corrected chi connectivity index (χ4v) is 3.13. The van der Waals surface area contributed by atoms with E-state index in [-0.39, 0.29) is 11.9 Å². The minimum absolute atomic E-state index is 0.102. The molecule has 1 aliphatic carbocycles. The number of nitrogens with zero attached hydrogens (tertiary/aromatic N) is 2. The van der Waals surface area contributed by atoms with Gasteiger partial charge >= 0.3 is 6.18 Å². The molecule has 1 saturated carbocycles. The summed E-state index contributed by atoms with van der Waals surface area (Å²) in [6.07, 6.45) is -1.37. The molecule has 0 spiro atoms. The summed E-state index contributed by atoms with van der Waals surface area (Å²) in [6, 6.07) is 4.81. The Bertz CT molecular complexity index is 525. The van der Waals surface area contributed by atoms with Gasteiger partial charge in [0.25, 0.3) is 5.91 Å². The van der Waals surface area contributed by atoms with Crippen molar-refractivity contribution >= 4 is 5.91 Å². The molecule has 0 bridgehead atoms. The molecule has 0 aromatic heterocycles. The molecule has 3 nitrogen and oxygen atoms in total. The number of carbonyl (C=O) groups is 1. The average Bonchev–Trinajstić information content (AvgIpc) is 2.94. The van der Waals surface area contributed by atoms with Crippen molar-refractivity contribution in [3.05, 3.63) is 35.4 Å².